The van der Waals surface area contributed by atoms with Gasteiger partial charge in [0.1, 0.15) is 19.5 Å². The molecule has 0 N–H and O–H groups in total. The van der Waals surface area contributed by atoms with Crippen LogP contribution in [0.1, 0.15) is 29.2 Å². The highest BCUT2D eigenvalue weighted by Gasteiger charge is 2.14. The zero-order valence-electron chi connectivity index (χ0n) is 16.6. The normalized spacial score (nSPS) is 11.5. The summed E-state index contributed by atoms with van der Waals surface area (Å²) in [6, 6.07) is 11.5. The predicted octanol–water partition coefficient (Wildman–Crippen LogP) is 2.53. The molecule has 8 nitrogen and oxygen atoms in total. The minimum atomic E-state index is -0.306. The van der Waals surface area contributed by atoms with E-state index in [1.807, 2.05) is 57.2 Å². The second kappa shape index (κ2) is 8.08. The lowest BCUT2D eigenvalue weighted by molar-refractivity contribution is 0.213. The molecule has 0 aliphatic rings. The summed E-state index contributed by atoms with van der Waals surface area (Å²) in [5.41, 5.74) is 5.07. The molecule has 0 radical (unpaired) electrons. The summed E-state index contributed by atoms with van der Waals surface area (Å²) >= 11 is 0. The van der Waals surface area contributed by atoms with Crippen LogP contribution in [0.4, 0.5) is 0 Å². The number of rotatable bonds is 6. The Bertz CT molecular complexity index is 1080. The second-order valence-corrected chi connectivity index (χ2v) is 6.49. The monoisotopic (exact) mass is 381 g/mol. The second-order valence-electron chi connectivity index (χ2n) is 6.49. The van der Waals surface area contributed by atoms with E-state index < -0.39 is 0 Å². The molecule has 3 aromatic rings. The van der Waals surface area contributed by atoms with E-state index in [-0.39, 0.29) is 5.69 Å². The highest BCUT2D eigenvalue weighted by molar-refractivity contribution is 5.99. The Morgan fingerprint density at radius 2 is 1.93 bits per heavy atom. The fraction of sp³-hybridized carbons (Fsp3) is 0.300. The molecule has 2 aromatic carbocycles. The summed E-state index contributed by atoms with van der Waals surface area (Å²) in [5.74, 6) is 0.729. The first-order valence-corrected chi connectivity index (χ1v) is 8.81. The molecule has 0 spiro atoms. The van der Waals surface area contributed by atoms with Crippen LogP contribution in [-0.2, 0) is 18.5 Å². The molecule has 0 fully saturated rings. The summed E-state index contributed by atoms with van der Waals surface area (Å²) in [4.78, 5) is 17.1. The first-order valence-electron chi connectivity index (χ1n) is 8.81. The maximum Gasteiger partial charge on any atom is 0.368 e. The van der Waals surface area contributed by atoms with Crippen molar-refractivity contribution in [3.8, 4) is 11.4 Å². The Morgan fingerprint density at radius 1 is 1.14 bits per heavy atom. The molecule has 1 aromatic heterocycles. The minimum Gasteiger partial charge on any atom is -0.489 e. The molecular formula is C20H23N5O3. The molecular weight excluding hydrogens is 358 g/mol. The third-order valence-corrected chi connectivity index (χ3v) is 4.53. The van der Waals surface area contributed by atoms with Gasteiger partial charge in [-0.25, -0.2) is 4.79 Å². The molecule has 0 saturated carbocycles. The Morgan fingerprint density at radius 3 is 2.57 bits per heavy atom. The van der Waals surface area contributed by atoms with Crippen LogP contribution in [0.25, 0.3) is 5.69 Å². The first-order chi connectivity index (χ1) is 13.4. The number of benzene rings is 2. The van der Waals surface area contributed by atoms with Crippen molar-refractivity contribution >= 4 is 5.71 Å². The van der Waals surface area contributed by atoms with Crippen molar-refractivity contribution in [2.24, 2.45) is 12.2 Å². The van der Waals surface area contributed by atoms with Gasteiger partial charge < -0.3 is 9.57 Å². The van der Waals surface area contributed by atoms with Crippen LogP contribution in [0, 0.1) is 13.8 Å². The van der Waals surface area contributed by atoms with Crippen molar-refractivity contribution in [3.05, 3.63) is 69.1 Å². The molecule has 28 heavy (non-hydrogen) atoms. The van der Waals surface area contributed by atoms with Gasteiger partial charge in [0.15, 0.2) is 0 Å². The van der Waals surface area contributed by atoms with Crippen LogP contribution in [-0.4, -0.2) is 32.6 Å². The van der Waals surface area contributed by atoms with Crippen LogP contribution in [0.3, 0.4) is 0 Å². The van der Waals surface area contributed by atoms with Gasteiger partial charge >= 0.3 is 5.69 Å². The van der Waals surface area contributed by atoms with Crippen LogP contribution in [0.5, 0.6) is 5.75 Å². The molecule has 0 bridgehead atoms. The number of oxime groups is 1. The SMILES string of the molecule is CO/N=C(\C)c1ccc(OCc2c(C)cccc2-n2nnn(C)c2=O)cc1C. The molecule has 1 heterocycles. The number of hydrogen-bond donors (Lipinski definition) is 0. The van der Waals surface area contributed by atoms with Gasteiger partial charge in [-0.05, 0) is 66.6 Å². The van der Waals surface area contributed by atoms with Gasteiger partial charge in [0.05, 0.1) is 11.4 Å². The number of ether oxygens (including phenoxy) is 1. The molecule has 0 saturated heterocycles. The molecule has 3 rings (SSSR count). The Labute approximate surface area is 163 Å². The summed E-state index contributed by atoms with van der Waals surface area (Å²) in [6.45, 7) is 6.16. The summed E-state index contributed by atoms with van der Waals surface area (Å²) < 4.78 is 8.49. The maximum absolute atomic E-state index is 12.2. The molecule has 0 atom stereocenters. The van der Waals surface area contributed by atoms with Crippen LogP contribution >= 0.6 is 0 Å². The number of aromatic nitrogens is 4. The average Bonchev–Trinajstić information content (AvgIpc) is 2.99. The Balaban J connectivity index is 1.88. The maximum atomic E-state index is 12.2. The molecule has 8 heteroatoms. The molecule has 0 unspecified atom stereocenters. The lowest BCUT2D eigenvalue weighted by Crippen LogP contribution is -2.23. The largest absolute Gasteiger partial charge is 0.489 e. The molecule has 0 aliphatic carbocycles. The van der Waals surface area contributed by atoms with E-state index in [0.29, 0.717) is 12.3 Å². The first kappa shape index (κ1) is 19.3. The summed E-state index contributed by atoms with van der Waals surface area (Å²) in [7, 11) is 3.09. The van der Waals surface area contributed by atoms with Gasteiger partial charge in [0, 0.05) is 18.2 Å². The Kier molecular flexibility index (Phi) is 5.58. The Hall–Kier alpha value is -3.42. The highest BCUT2D eigenvalue weighted by atomic mass is 16.6. The van der Waals surface area contributed by atoms with Crippen LogP contribution in [0.2, 0.25) is 0 Å². The van der Waals surface area contributed by atoms with E-state index in [0.717, 1.165) is 33.7 Å². The topological polar surface area (TPSA) is 83.5 Å². The lowest BCUT2D eigenvalue weighted by Gasteiger charge is -2.14. The van der Waals surface area contributed by atoms with Gasteiger partial charge in [-0.3, -0.25) is 0 Å². The number of hydrogen-bond acceptors (Lipinski definition) is 6. The fourth-order valence-electron chi connectivity index (χ4n) is 3.01. The van der Waals surface area contributed by atoms with Crippen molar-refractivity contribution < 1.29 is 9.57 Å². The quantitative estimate of drug-likeness (QED) is 0.484. The number of nitrogens with zero attached hydrogens (tertiary/aromatic N) is 5. The smallest absolute Gasteiger partial charge is 0.368 e. The number of tetrazole rings is 1. The van der Waals surface area contributed by atoms with Crippen molar-refractivity contribution in [1.29, 1.82) is 0 Å². The van der Waals surface area contributed by atoms with E-state index in [2.05, 4.69) is 15.6 Å². The fourth-order valence-corrected chi connectivity index (χ4v) is 3.01. The predicted molar refractivity (Wildman–Crippen MR) is 106 cm³/mol. The van der Waals surface area contributed by atoms with Crippen LogP contribution in [0.15, 0.2) is 46.3 Å². The average molecular weight is 381 g/mol. The van der Waals surface area contributed by atoms with Crippen molar-refractivity contribution in [2.75, 3.05) is 7.11 Å². The van der Waals surface area contributed by atoms with Crippen LogP contribution < -0.4 is 10.4 Å². The molecule has 146 valence electrons. The van der Waals surface area contributed by atoms with Crippen molar-refractivity contribution in [1.82, 2.24) is 19.8 Å². The van der Waals surface area contributed by atoms with Gasteiger partial charge in [0.25, 0.3) is 0 Å². The zero-order valence-corrected chi connectivity index (χ0v) is 16.6. The van der Waals surface area contributed by atoms with Gasteiger partial charge in [0.2, 0.25) is 0 Å². The third-order valence-electron chi connectivity index (χ3n) is 4.53. The standard InChI is InChI=1S/C20H23N5O3/c1-13-7-6-8-19(25-20(26)24(4)22-23-25)18(13)12-28-16-9-10-17(14(2)11-16)15(3)21-27-5/h6-11H,12H2,1-5H3/b21-15+. The molecule has 0 aliphatic heterocycles. The third kappa shape index (κ3) is 3.80. The van der Waals surface area contributed by atoms with Gasteiger partial charge in [-0.15, -0.1) is 0 Å². The van der Waals surface area contributed by atoms with Crippen molar-refractivity contribution in [2.45, 2.75) is 27.4 Å². The lowest BCUT2D eigenvalue weighted by atomic mass is 10.0. The van der Waals surface area contributed by atoms with E-state index in [9.17, 15) is 4.79 Å². The summed E-state index contributed by atoms with van der Waals surface area (Å²) in [5, 5.41) is 11.7. The van der Waals surface area contributed by atoms with E-state index >= 15 is 0 Å². The van der Waals surface area contributed by atoms with Gasteiger partial charge in [-0.1, -0.05) is 17.3 Å². The zero-order chi connectivity index (χ0) is 20.3. The summed E-state index contributed by atoms with van der Waals surface area (Å²) in [6.07, 6.45) is 0. The highest BCUT2D eigenvalue weighted by Crippen LogP contribution is 2.22. The van der Waals surface area contributed by atoms with E-state index in [1.165, 1.54) is 16.5 Å². The van der Waals surface area contributed by atoms with Crippen molar-refractivity contribution in [3.63, 3.8) is 0 Å². The van der Waals surface area contributed by atoms with Gasteiger partial charge in [-0.2, -0.15) is 9.36 Å². The molecule has 0 amide bonds. The number of aryl methyl sites for hydroxylation is 3. The van der Waals surface area contributed by atoms with E-state index in [1.54, 1.807) is 7.05 Å². The minimum absolute atomic E-state index is 0.301. The van der Waals surface area contributed by atoms with E-state index in [4.69, 9.17) is 9.57 Å².